The molecular weight excluding hydrogens is 216 g/mol. The van der Waals surface area contributed by atoms with E-state index in [1.807, 2.05) is 11.8 Å². The van der Waals surface area contributed by atoms with Crippen LogP contribution in [0.15, 0.2) is 0 Å². The molecule has 3 N–H and O–H groups in total. The monoisotopic (exact) mass is 232 g/mol. The molecule has 80 valence electrons. The first-order valence-electron chi connectivity index (χ1n) is 4.78. The summed E-state index contributed by atoms with van der Waals surface area (Å²) in [5.41, 5.74) is 5.41. The Morgan fingerprint density at radius 1 is 1.57 bits per heavy atom. The Bertz CT molecular complexity index is 227. The zero-order valence-corrected chi connectivity index (χ0v) is 9.92. The third kappa shape index (κ3) is 3.46. The van der Waals surface area contributed by atoms with Crippen molar-refractivity contribution in [3.63, 3.8) is 0 Å². The molecule has 1 heterocycles. The number of rotatable bonds is 3. The van der Waals surface area contributed by atoms with Crippen LogP contribution in [0, 0.1) is 5.92 Å². The van der Waals surface area contributed by atoms with Crippen LogP contribution < -0.4 is 11.1 Å². The van der Waals surface area contributed by atoms with Gasteiger partial charge in [0.05, 0.1) is 10.9 Å². The van der Waals surface area contributed by atoms with E-state index < -0.39 is 0 Å². The summed E-state index contributed by atoms with van der Waals surface area (Å²) in [6, 6.07) is 0.320. The zero-order valence-electron chi connectivity index (χ0n) is 8.29. The number of carbonyl (C=O) groups is 1. The number of nitrogens with one attached hydrogen (secondary N) is 1. The number of thioether (sulfide) groups is 1. The fourth-order valence-electron chi connectivity index (χ4n) is 1.30. The van der Waals surface area contributed by atoms with Crippen molar-refractivity contribution in [2.75, 3.05) is 11.5 Å². The van der Waals surface area contributed by atoms with Gasteiger partial charge in [0.2, 0.25) is 5.91 Å². The lowest BCUT2D eigenvalue weighted by molar-refractivity contribution is -0.123. The Labute approximate surface area is 94.2 Å². The molecule has 0 saturated carbocycles. The van der Waals surface area contributed by atoms with Gasteiger partial charge in [0.15, 0.2) is 0 Å². The van der Waals surface area contributed by atoms with Crippen molar-refractivity contribution in [3.8, 4) is 0 Å². The average molecular weight is 232 g/mol. The van der Waals surface area contributed by atoms with Crippen LogP contribution in [0.1, 0.15) is 19.8 Å². The molecule has 1 saturated heterocycles. The molecule has 1 rings (SSSR count). The third-order valence-electron chi connectivity index (χ3n) is 2.39. The van der Waals surface area contributed by atoms with E-state index in [1.165, 1.54) is 0 Å². The fourth-order valence-corrected chi connectivity index (χ4v) is 2.51. The SMILES string of the molecule is CC(C(=O)NC1CCSCC1)C(N)=S. The third-order valence-corrected chi connectivity index (χ3v) is 3.79. The zero-order chi connectivity index (χ0) is 10.6. The first-order chi connectivity index (χ1) is 6.61. The number of nitrogens with two attached hydrogens (primary N) is 1. The van der Waals surface area contributed by atoms with Crippen LogP contribution in [-0.2, 0) is 4.79 Å². The van der Waals surface area contributed by atoms with Crippen LogP contribution in [0.4, 0.5) is 0 Å². The van der Waals surface area contributed by atoms with Gasteiger partial charge < -0.3 is 11.1 Å². The van der Waals surface area contributed by atoms with Crippen LogP contribution in [0.2, 0.25) is 0 Å². The largest absolute Gasteiger partial charge is 0.393 e. The Balaban J connectivity index is 2.35. The predicted octanol–water partition coefficient (Wildman–Crippen LogP) is 0.920. The second-order valence-electron chi connectivity index (χ2n) is 3.52. The van der Waals surface area contributed by atoms with Crippen LogP contribution in [0.25, 0.3) is 0 Å². The van der Waals surface area contributed by atoms with E-state index in [-0.39, 0.29) is 16.8 Å². The molecule has 1 aliphatic rings. The van der Waals surface area contributed by atoms with Crippen LogP contribution in [0.3, 0.4) is 0 Å². The lowest BCUT2D eigenvalue weighted by Crippen LogP contribution is -2.43. The maximum Gasteiger partial charge on any atom is 0.229 e. The van der Waals surface area contributed by atoms with Crippen LogP contribution in [0.5, 0.6) is 0 Å². The van der Waals surface area contributed by atoms with Crippen LogP contribution in [-0.4, -0.2) is 28.4 Å². The summed E-state index contributed by atoms with van der Waals surface area (Å²) < 4.78 is 0. The summed E-state index contributed by atoms with van der Waals surface area (Å²) in [6.07, 6.45) is 2.11. The molecule has 0 aliphatic carbocycles. The van der Waals surface area contributed by atoms with Gasteiger partial charge in [-0.3, -0.25) is 4.79 Å². The number of thiocarbonyl (C=S) groups is 1. The van der Waals surface area contributed by atoms with Crippen molar-refractivity contribution in [1.29, 1.82) is 0 Å². The quantitative estimate of drug-likeness (QED) is 0.711. The number of carbonyl (C=O) groups excluding carboxylic acids is 1. The van der Waals surface area contributed by atoms with E-state index in [0.29, 0.717) is 6.04 Å². The number of amides is 1. The molecule has 0 radical (unpaired) electrons. The summed E-state index contributed by atoms with van der Waals surface area (Å²) >= 11 is 6.71. The maximum atomic E-state index is 11.6. The molecule has 0 bridgehead atoms. The van der Waals surface area contributed by atoms with E-state index in [4.69, 9.17) is 18.0 Å². The van der Waals surface area contributed by atoms with Crippen LogP contribution >= 0.6 is 24.0 Å². The topological polar surface area (TPSA) is 55.1 Å². The minimum Gasteiger partial charge on any atom is -0.393 e. The predicted molar refractivity (Wildman–Crippen MR) is 64.4 cm³/mol. The van der Waals surface area contributed by atoms with Gasteiger partial charge in [0, 0.05) is 6.04 Å². The van der Waals surface area contributed by atoms with E-state index >= 15 is 0 Å². The molecule has 1 aliphatic heterocycles. The molecule has 5 heteroatoms. The fraction of sp³-hybridized carbons (Fsp3) is 0.778. The Kier molecular flexibility index (Phi) is 4.68. The van der Waals surface area contributed by atoms with Crippen molar-refractivity contribution in [2.45, 2.75) is 25.8 Å². The summed E-state index contributed by atoms with van der Waals surface area (Å²) in [5.74, 6) is 1.88. The Hall–Kier alpha value is -0.290. The molecule has 14 heavy (non-hydrogen) atoms. The summed E-state index contributed by atoms with van der Waals surface area (Å²) in [7, 11) is 0. The first-order valence-corrected chi connectivity index (χ1v) is 6.35. The molecule has 0 aromatic carbocycles. The van der Waals surface area contributed by atoms with Gasteiger partial charge in [-0.25, -0.2) is 0 Å². The number of hydrogen-bond donors (Lipinski definition) is 2. The van der Waals surface area contributed by atoms with Gasteiger partial charge in [-0.15, -0.1) is 0 Å². The smallest absolute Gasteiger partial charge is 0.229 e. The van der Waals surface area contributed by atoms with Crippen molar-refractivity contribution in [3.05, 3.63) is 0 Å². The van der Waals surface area contributed by atoms with Crippen molar-refractivity contribution < 1.29 is 4.79 Å². The van der Waals surface area contributed by atoms with Crippen molar-refractivity contribution in [2.24, 2.45) is 11.7 Å². The van der Waals surface area contributed by atoms with Gasteiger partial charge >= 0.3 is 0 Å². The minimum atomic E-state index is -0.348. The molecule has 1 atom stereocenters. The van der Waals surface area contributed by atoms with E-state index in [2.05, 4.69) is 5.32 Å². The van der Waals surface area contributed by atoms with Crippen molar-refractivity contribution >= 4 is 34.9 Å². The molecule has 0 spiro atoms. The Morgan fingerprint density at radius 2 is 2.14 bits per heavy atom. The second kappa shape index (κ2) is 5.56. The Morgan fingerprint density at radius 3 is 2.64 bits per heavy atom. The van der Waals surface area contributed by atoms with Gasteiger partial charge in [-0.05, 0) is 31.3 Å². The maximum absolute atomic E-state index is 11.6. The average Bonchev–Trinajstić information content (AvgIpc) is 2.18. The molecule has 0 aromatic rings. The van der Waals surface area contributed by atoms with E-state index in [0.717, 1.165) is 24.3 Å². The molecule has 1 fully saturated rings. The normalized spacial score (nSPS) is 20.1. The highest BCUT2D eigenvalue weighted by molar-refractivity contribution is 7.99. The lowest BCUT2D eigenvalue weighted by Gasteiger charge is -2.23. The highest BCUT2D eigenvalue weighted by Gasteiger charge is 2.20. The van der Waals surface area contributed by atoms with Gasteiger partial charge in [0.1, 0.15) is 0 Å². The number of hydrogen-bond acceptors (Lipinski definition) is 3. The summed E-state index contributed by atoms with van der Waals surface area (Å²) in [6.45, 7) is 1.75. The molecular formula is C9H16N2OS2. The lowest BCUT2D eigenvalue weighted by atomic mass is 10.1. The molecule has 3 nitrogen and oxygen atoms in total. The highest BCUT2D eigenvalue weighted by atomic mass is 32.2. The standard InChI is InChI=1S/C9H16N2OS2/c1-6(8(10)13)9(12)11-7-2-4-14-5-3-7/h6-7H,2-5H2,1H3,(H2,10,13)(H,11,12). The van der Waals surface area contributed by atoms with Gasteiger partial charge in [-0.1, -0.05) is 12.2 Å². The van der Waals surface area contributed by atoms with E-state index in [1.54, 1.807) is 6.92 Å². The first kappa shape index (κ1) is 11.8. The summed E-state index contributed by atoms with van der Waals surface area (Å²) in [4.78, 5) is 11.8. The van der Waals surface area contributed by atoms with Gasteiger partial charge in [0.25, 0.3) is 0 Å². The van der Waals surface area contributed by atoms with Crippen molar-refractivity contribution in [1.82, 2.24) is 5.32 Å². The highest BCUT2D eigenvalue weighted by Crippen LogP contribution is 2.17. The molecule has 0 aromatic heterocycles. The van der Waals surface area contributed by atoms with E-state index in [9.17, 15) is 4.79 Å². The van der Waals surface area contributed by atoms with Gasteiger partial charge in [-0.2, -0.15) is 11.8 Å². The molecule has 1 amide bonds. The second-order valence-corrected chi connectivity index (χ2v) is 5.22. The minimum absolute atomic E-state index is 0.0330. The molecule has 1 unspecified atom stereocenters. The summed E-state index contributed by atoms with van der Waals surface area (Å²) in [5, 5.41) is 2.98.